The lowest BCUT2D eigenvalue weighted by Gasteiger charge is -2.14. The number of carbonyl (C=O) groups excluding carboxylic acids is 3. The lowest BCUT2D eigenvalue weighted by molar-refractivity contribution is -0.149. The van der Waals surface area contributed by atoms with Crippen molar-refractivity contribution in [2.45, 2.75) is 19.8 Å². The normalized spacial score (nSPS) is 30.8. The van der Waals surface area contributed by atoms with E-state index in [1.165, 1.54) is 6.92 Å². The fraction of sp³-hybridized carbons (Fsp3) is 0.500. The van der Waals surface area contributed by atoms with Crippen LogP contribution < -0.4 is 0 Å². The van der Waals surface area contributed by atoms with Gasteiger partial charge in [-0.05, 0) is 12.8 Å². The van der Waals surface area contributed by atoms with Gasteiger partial charge in [0.1, 0.15) is 0 Å². The summed E-state index contributed by atoms with van der Waals surface area (Å²) >= 11 is 0. The molecule has 4 heteroatoms. The van der Waals surface area contributed by atoms with Crippen molar-refractivity contribution in [3.8, 4) is 0 Å². The van der Waals surface area contributed by atoms with Crippen LogP contribution in [0.5, 0.6) is 0 Å². The van der Waals surface area contributed by atoms with E-state index in [2.05, 4.69) is 0 Å². The van der Waals surface area contributed by atoms with Gasteiger partial charge in [-0.1, -0.05) is 12.2 Å². The molecule has 2 unspecified atom stereocenters. The van der Waals surface area contributed by atoms with Crippen molar-refractivity contribution in [2.24, 2.45) is 11.8 Å². The van der Waals surface area contributed by atoms with Crippen molar-refractivity contribution >= 4 is 17.7 Å². The molecule has 0 bridgehead atoms. The van der Waals surface area contributed by atoms with Gasteiger partial charge >= 0.3 is 0 Å². The highest BCUT2D eigenvalue weighted by Crippen LogP contribution is 2.34. The minimum atomic E-state index is -0.470. The zero-order chi connectivity index (χ0) is 10.3. The summed E-state index contributed by atoms with van der Waals surface area (Å²) in [6, 6.07) is 0. The van der Waals surface area contributed by atoms with Crippen LogP contribution in [0.25, 0.3) is 0 Å². The van der Waals surface area contributed by atoms with E-state index in [-0.39, 0.29) is 23.7 Å². The van der Waals surface area contributed by atoms with Crippen LogP contribution in [0.15, 0.2) is 12.2 Å². The molecule has 74 valence electrons. The van der Waals surface area contributed by atoms with Crippen molar-refractivity contribution in [1.29, 1.82) is 0 Å². The molecule has 14 heavy (non-hydrogen) atoms. The van der Waals surface area contributed by atoms with Gasteiger partial charge in [0, 0.05) is 6.92 Å². The Hall–Kier alpha value is -1.45. The molecule has 1 aliphatic carbocycles. The molecule has 1 heterocycles. The zero-order valence-corrected chi connectivity index (χ0v) is 7.90. The molecular weight excluding hydrogens is 182 g/mol. The SMILES string of the molecule is CC(=O)N1C(=O)C2C=CCCC2C1=O. The average molecular weight is 193 g/mol. The molecular formula is C10H11NO3. The van der Waals surface area contributed by atoms with E-state index in [9.17, 15) is 14.4 Å². The second-order valence-electron chi connectivity index (χ2n) is 3.67. The Balaban J connectivity index is 2.36. The van der Waals surface area contributed by atoms with Gasteiger partial charge in [0.05, 0.1) is 11.8 Å². The second kappa shape index (κ2) is 3.04. The van der Waals surface area contributed by atoms with Crippen LogP contribution in [-0.2, 0) is 14.4 Å². The Kier molecular flexibility index (Phi) is 1.98. The van der Waals surface area contributed by atoms with Crippen molar-refractivity contribution in [2.75, 3.05) is 0 Å². The third kappa shape index (κ3) is 1.10. The van der Waals surface area contributed by atoms with Gasteiger partial charge in [-0.3, -0.25) is 14.4 Å². The molecule has 4 nitrogen and oxygen atoms in total. The number of hydrogen-bond acceptors (Lipinski definition) is 3. The first-order chi connectivity index (χ1) is 6.63. The molecule has 1 saturated heterocycles. The highest BCUT2D eigenvalue weighted by atomic mass is 16.2. The molecule has 0 aromatic rings. The Morgan fingerprint density at radius 2 is 2.14 bits per heavy atom. The van der Waals surface area contributed by atoms with Crippen molar-refractivity contribution < 1.29 is 14.4 Å². The molecule has 1 aliphatic heterocycles. The Labute approximate surface area is 81.6 Å². The van der Waals surface area contributed by atoms with Crippen molar-refractivity contribution in [3.05, 3.63) is 12.2 Å². The summed E-state index contributed by atoms with van der Waals surface area (Å²) in [7, 11) is 0. The predicted octanol–water partition coefficient (Wildman–Crippen LogP) is 0.484. The van der Waals surface area contributed by atoms with E-state index in [1.54, 1.807) is 6.08 Å². The molecule has 2 rings (SSSR count). The average Bonchev–Trinajstić information content (AvgIpc) is 2.41. The first-order valence-corrected chi connectivity index (χ1v) is 4.68. The monoisotopic (exact) mass is 193 g/mol. The molecule has 2 atom stereocenters. The fourth-order valence-corrected chi connectivity index (χ4v) is 2.10. The van der Waals surface area contributed by atoms with Crippen LogP contribution in [0.4, 0.5) is 0 Å². The van der Waals surface area contributed by atoms with E-state index in [1.807, 2.05) is 6.08 Å². The van der Waals surface area contributed by atoms with Gasteiger partial charge in [-0.15, -0.1) is 0 Å². The van der Waals surface area contributed by atoms with Crippen LogP contribution >= 0.6 is 0 Å². The molecule has 0 saturated carbocycles. The minimum absolute atomic E-state index is 0.295. The van der Waals surface area contributed by atoms with Crippen LogP contribution in [0.2, 0.25) is 0 Å². The maximum absolute atomic E-state index is 11.6. The van der Waals surface area contributed by atoms with Gasteiger partial charge in [0.15, 0.2) is 0 Å². The summed E-state index contributed by atoms with van der Waals surface area (Å²) < 4.78 is 0. The van der Waals surface area contributed by atoms with Gasteiger partial charge in [-0.25, -0.2) is 4.90 Å². The lowest BCUT2D eigenvalue weighted by atomic mass is 9.86. The van der Waals surface area contributed by atoms with E-state index in [0.29, 0.717) is 6.42 Å². The Bertz CT molecular complexity index is 345. The topological polar surface area (TPSA) is 54.5 Å². The number of fused-ring (bicyclic) bond motifs is 1. The van der Waals surface area contributed by atoms with Crippen LogP contribution in [0.1, 0.15) is 19.8 Å². The van der Waals surface area contributed by atoms with E-state index in [4.69, 9.17) is 0 Å². The van der Waals surface area contributed by atoms with Crippen LogP contribution in [0.3, 0.4) is 0 Å². The maximum Gasteiger partial charge on any atom is 0.243 e. The number of hydrogen-bond donors (Lipinski definition) is 0. The summed E-state index contributed by atoms with van der Waals surface area (Å²) in [5.41, 5.74) is 0. The summed E-state index contributed by atoms with van der Waals surface area (Å²) in [6.45, 7) is 1.25. The summed E-state index contributed by atoms with van der Waals surface area (Å²) in [4.78, 5) is 35.1. The molecule has 2 aliphatic rings. The second-order valence-corrected chi connectivity index (χ2v) is 3.67. The minimum Gasteiger partial charge on any atom is -0.274 e. The van der Waals surface area contributed by atoms with E-state index in [0.717, 1.165) is 11.3 Å². The number of amides is 3. The molecule has 0 N–H and O–H groups in total. The van der Waals surface area contributed by atoms with Crippen LogP contribution in [-0.4, -0.2) is 22.6 Å². The van der Waals surface area contributed by atoms with Crippen LogP contribution in [0, 0.1) is 11.8 Å². The highest BCUT2D eigenvalue weighted by molar-refractivity contribution is 6.17. The zero-order valence-electron chi connectivity index (χ0n) is 7.90. The third-order valence-electron chi connectivity index (χ3n) is 2.78. The first kappa shape index (κ1) is 9.12. The molecule has 0 aromatic heterocycles. The first-order valence-electron chi connectivity index (χ1n) is 4.68. The smallest absolute Gasteiger partial charge is 0.243 e. The van der Waals surface area contributed by atoms with E-state index >= 15 is 0 Å². The summed E-state index contributed by atoms with van der Waals surface area (Å²) in [5.74, 6) is -1.83. The fourth-order valence-electron chi connectivity index (χ4n) is 2.10. The maximum atomic E-state index is 11.6. The quantitative estimate of drug-likeness (QED) is 0.415. The predicted molar refractivity (Wildman–Crippen MR) is 47.9 cm³/mol. The molecule has 0 spiro atoms. The third-order valence-corrected chi connectivity index (χ3v) is 2.78. The number of nitrogens with zero attached hydrogens (tertiary/aromatic N) is 1. The Morgan fingerprint density at radius 3 is 2.71 bits per heavy atom. The molecule has 0 radical (unpaired) electrons. The molecule has 3 amide bonds. The number of imide groups is 3. The highest BCUT2D eigenvalue weighted by Gasteiger charge is 2.48. The van der Waals surface area contributed by atoms with E-state index < -0.39 is 5.91 Å². The molecule has 1 fully saturated rings. The Morgan fingerprint density at radius 1 is 1.43 bits per heavy atom. The standard InChI is InChI=1S/C10H11NO3/c1-6(12)11-9(13)7-4-2-3-5-8(7)10(11)14/h2,4,7-8H,3,5H2,1H3. The van der Waals surface area contributed by atoms with Crippen molar-refractivity contribution in [1.82, 2.24) is 4.90 Å². The lowest BCUT2D eigenvalue weighted by Crippen LogP contribution is -2.35. The van der Waals surface area contributed by atoms with Gasteiger partial charge < -0.3 is 0 Å². The van der Waals surface area contributed by atoms with Gasteiger partial charge in [0.2, 0.25) is 17.7 Å². The molecule has 0 aromatic carbocycles. The van der Waals surface area contributed by atoms with Crippen molar-refractivity contribution in [3.63, 3.8) is 0 Å². The van der Waals surface area contributed by atoms with Gasteiger partial charge in [0.25, 0.3) is 0 Å². The number of rotatable bonds is 0. The largest absolute Gasteiger partial charge is 0.274 e. The number of carbonyl (C=O) groups is 3. The summed E-state index contributed by atoms with van der Waals surface area (Å²) in [6.07, 6.45) is 5.13. The summed E-state index contributed by atoms with van der Waals surface area (Å²) in [5, 5.41) is 0. The number of likely N-dealkylation sites (tertiary alicyclic amines) is 1. The van der Waals surface area contributed by atoms with Gasteiger partial charge in [-0.2, -0.15) is 0 Å². The number of allylic oxidation sites excluding steroid dienone is 1.